The van der Waals surface area contributed by atoms with Gasteiger partial charge in [0.2, 0.25) is 11.6 Å². The van der Waals surface area contributed by atoms with E-state index in [2.05, 4.69) is 15.5 Å². The molecule has 0 radical (unpaired) electrons. The first-order valence-electron chi connectivity index (χ1n) is 20.1. The summed E-state index contributed by atoms with van der Waals surface area (Å²) in [6.07, 6.45) is -0.439. The fourth-order valence-electron chi connectivity index (χ4n) is 8.21. The number of pyridine rings is 1. The van der Waals surface area contributed by atoms with Gasteiger partial charge in [-0.05, 0) is 88.0 Å². The molecule has 0 saturated heterocycles. The van der Waals surface area contributed by atoms with Crippen molar-refractivity contribution in [3.8, 4) is 11.6 Å². The summed E-state index contributed by atoms with van der Waals surface area (Å²) < 4.78 is 31.4. The van der Waals surface area contributed by atoms with Gasteiger partial charge in [0.25, 0.3) is 5.88 Å². The summed E-state index contributed by atoms with van der Waals surface area (Å²) in [5.74, 6) is -3.03. The van der Waals surface area contributed by atoms with Crippen molar-refractivity contribution >= 4 is 49.2 Å². The Bertz CT molecular complexity index is 2350. The Morgan fingerprint density at radius 1 is 0.950 bits per heavy atom. The maximum absolute atomic E-state index is 15.9. The van der Waals surface area contributed by atoms with Gasteiger partial charge in [-0.2, -0.15) is 0 Å². The minimum absolute atomic E-state index is 0.00265. The Balaban J connectivity index is 1.42. The fourth-order valence-corrected chi connectivity index (χ4v) is 9.91. The largest absolute Gasteiger partial charge is 0.507 e. The van der Waals surface area contributed by atoms with E-state index in [-0.39, 0.29) is 71.1 Å². The predicted octanol–water partition coefficient (Wildman–Crippen LogP) is 9.52. The number of Topliss-reactive ketones (excluding diaryl/α,β-unsaturated/α-hetero) is 2. The van der Waals surface area contributed by atoms with Crippen LogP contribution in [0.2, 0.25) is 23.3 Å². The highest BCUT2D eigenvalue weighted by Crippen LogP contribution is 2.59. The van der Waals surface area contributed by atoms with Crippen molar-refractivity contribution in [2.45, 2.75) is 103 Å². The maximum Gasteiger partial charge on any atom is 0.413 e. The van der Waals surface area contributed by atoms with Gasteiger partial charge in [-0.3, -0.25) is 19.8 Å². The average molecular weight is 857 g/mol. The monoisotopic (exact) mass is 856 g/mol. The van der Waals surface area contributed by atoms with Crippen molar-refractivity contribution in [3.05, 3.63) is 105 Å². The van der Waals surface area contributed by atoms with Crippen LogP contribution in [-0.2, 0) is 33.6 Å². The van der Waals surface area contributed by atoms with Crippen LogP contribution in [0.1, 0.15) is 92.4 Å². The second-order valence-corrected chi connectivity index (χ2v) is 23.6. The third-order valence-electron chi connectivity index (χ3n) is 11.9. The number of halogens is 1. The second-order valence-electron chi connectivity index (χ2n) is 18.5. The molecule has 3 aliphatic carbocycles. The molecule has 0 bridgehead atoms. The lowest BCUT2D eigenvalue weighted by Gasteiger charge is -2.55. The van der Waals surface area contributed by atoms with Crippen LogP contribution >= 0.6 is 11.6 Å². The van der Waals surface area contributed by atoms with Crippen LogP contribution in [0.3, 0.4) is 0 Å². The van der Waals surface area contributed by atoms with E-state index in [1.807, 2.05) is 114 Å². The van der Waals surface area contributed by atoms with Crippen LogP contribution in [0, 0.1) is 11.8 Å². The van der Waals surface area contributed by atoms with Gasteiger partial charge in [-0.15, -0.1) is 0 Å². The van der Waals surface area contributed by atoms with Gasteiger partial charge >= 0.3 is 6.09 Å². The third kappa shape index (κ3) is 7.74. The topological polar surface area (TPSA) is 163 Å². The molecule has 1 fully saturated rings. The number of nitrogens with zero attached hydrogens (tertiary/aromatic N) is 3. The molecule has 0 spiro atoms. The zero-order valence-electron chi connectivity index (χ0n) is 35.8. The van der Waals surface area contributed by atoms with E-state index in [0.29, 0.717) is 5.56 Å². The normalized spacial score (nSPS) is 21.5. The number of aliphatic hydroxyl groups is 1. The minimum Gasteiger partial charge on any atom is -0.507 e. The number of aliphatic hydroxyl groups excluding tert-OH is 1. The van der Waals surface area contributed by atoms with Crippen LogP contribution in [-0.4, -0.2) is 71.4 Å². The zero-order chi connectivity index (χ0) is 43.5. The van der Waals surface area contributed by atoms with Crippen molar-refractivity contribution in [1.82, 2.24) is 15.0 Å². The molecule has 4 atom stereocenters. The van der Waals surface area contributed by atoms with Gasteiger partial charge in [0.15, 0.2) is 31.2 Å². The van der Waals surface area contributed by atoms with Crippen LogP contribution in [0.5, 0.6) is 11.6 Å². The van der Waals surface area contributed by atoms with Gasteiger partial charge in [-0.25, -0.2) is 9.78 Å². The number of rotatable bonds is 10. The Kier molecular flexibility index (Phi) is 11.3. The number of amides is 1. The number of hydrogen-bond donors (Lipinski definition) is 2. The molecule has 60 heavy (non-hydrogen) atoms. The standard InChI is InChI=1S/C45H53ClN4O9Si/c1-43(2,3)57-42(54)48-40-36(55-23-25-17-13-11-14-18-25)31-28(39(46)47-40)21-27-22-29-33(50(7)8)35-32(41(49-58-35)56-24-26-19-15-12-16-20-26)38(53)45(29,37(52)30(27)34(31)51)59-60(9,10)44(4,5)6/h11-20,27,29,33,51H,21-24H2,1-10H3,(H,47,48,54)/t27-,29-,33-,45-/m0/s1. The van der Waals surface area contributed by atoms with Crippen LogP contribution in [0.15, 0.2) is 70.8 Å². The number of benzene rings is 2. The molecular weight excluding hydrogens is 804 g/mol. The molecule has 1 amide bonds. The smallest absolute Gasteiger partial charge is 0.413 e. The molecule has 2 heterocycles. The number of carbonyl (C=O) groups excluding carboxylic acids is 3. The molecule has 4 aromatic rings. The van der Waals surface area contributed by atoms with Crippen molar-refractivity contribution in [1.29, 1.82) is 0 Å². The van der Waals surface area contributed by atoms with E-state index in [1.165, 1.54) is 0 Å². The zero-order valence-corrected chi connectivity index (χ0v) is 37.5. The van der Waals surface area contributed by atoms with Gasteiger partial charge in [0.05, 0.1) is 11.6 Å². The third-order valence-corrected chi connectivity index (χ3v) is 16.7. The number of anilines is 1. The van der Waals surface area contributed by atoms with Gasteiger partial charge in [0.1, 0.15) is 35.3 Å². The van der Waals surface area contributed by atoms with Crippen molar-refractivity contribution in [2.24, 2.45) is 11.8 Å². The van der Waals surface area contributed by atoms with E-state index in [9.17, 15) is 9.90 Å². The maximum atomic E-state index is 15.9. The number of ether oxygens (including phenoxy) is 3. The van der Waals surface area contributed by atoms with Gasteiger partial charge in [0, 0.05) is 17.1 Å². The van der Waals surface area contributed by atoms with Gasteiger partial charge in [-0.1, -0.05) is 93.0 Å². The van der Waals surface area contributed by atoms with Crippen LogP contribution in [0.25, 0.3) is 5.76 Å². The molecule has 2 aromatic heterocycles. The number of carbonyl (C=O) groups is 3. The quantitative estimate of drug-likeness (QED) is 0.0884. The summed E-state index contributed by atoms with van der Waals surface area (Å²) in [5.41, 5.74) is -0.774. The second kappa shape index (κ2) is 15.8. The van der Waals surface area contributed by atoms with E-state index in [1.54, 1.807) is 20.8 Å². The summed E-state index contributed by atoms with van der Waals surface area (Å²) in [6.45, 7) is 15.4. The van der Waals surface area contributed by atoms with Crippen molar-refractivity contribution in [3.63, 3.8) is 0 Å². The SMILES string of the molecule is CN(C)[C@@H]1c2onc(OCc3ccccc3)c2C(=O)[C@@]2(O[Si](C)(C)C(C)(C)C)C(=O)C3=C(O)c4c(c(Cl)nc(NC(=O)OC(C)(C)C)c4OCc4ccccc4)C[C@H]3C[C@@H]12. The summed E-state index contributed by atoms with van der Waals surface area (Å²) in [5, 5.41) is 19.1. The van der Waals surface area contributed by atoms with Crippen LogP contribution in [0.4, 0.5) is 10.6 Å². The predicted molar refractivity (Wildman–Crippen MR) is 229 cm³/mol. The Morgan fingerprint density at radius 3 is 2.12 bits per heavy atom. The lowest BCUT2D eigenvalue weighted by Crippen LogP contribution is -2.68. The first-order valence-corrected chi connectivity index (χ1v) is 23.4. The van der Waals surface area contributed by atoms with E-state index < -0.39 is 65.9 Å². The van der Waals surface area contributed by atoms with Crippen LogP contribution < -0.4 is 14.8 Å². The molecule has 0 unspecified atom stereocenters. The minimum atomic E-state index is -2.99. The summed E-state index contributed by atoms with van der Waals surface area (Å²) >= 11 is 6.94. The molecular formula is C45H53ClN4O9Si. The fraction of sp³-hybridized carbons (Fsp3) is 0.444. The van der Waals surface area contributed by atoms with E-state index >= 15 is 9.59 Å². The number of aromatic nitrogens is 2. The number of hydrogen-bond acceptors (Lipinski definition) is 12. The molecule has 0 aliphatic heterocycles. The lowest BCUT2D eigenvalue weighted by atomic mass is 9.57. The first-order chi connectivity index (χ1) is 28.1. The lowest BCUT2D eigenvalue weighted by molar-refractivity contribution is -0.140. The van der Waals surface area contributed by atoms with E-state index in [4.69, 9.17) is 34.8 Å². The highest BCUT2D eigenvalue weighted by Gasteiger charge is 2.69. The molecule has 15 heteroatoms. The highest BCUT2D eigenvalue weighted by molar-refractivity contribution is 6.74. The average Bonchev–Trinajstić information content (AvgIpc) is 3.58. The summed E-state index contributed by atoms with van der Waals surface area (Å²) in [4.78, 5) is 51.1. The van der Waals surface area contributed by atoms with Gasteiger partial charge < -0.3 is 28.3 Å². The molecule has 2 aromatic carbocycles. The Morgan fingerprint density at radius 2 is 1.55 bits per heavy atom. The Labute approximate surface area is 356 Å². The molecule has 3 aliphatic rings. The van der Waals surface area contributed by atoms with Crippen molar-refractivity contribution < 1.29 is 42.6 Å². The number of ketones is 2. The number of nitrogens with one attached hydrogen (secondary N) is 1. The molecule has 13 nitrogen and oxygen atoms in total. The van der Waals surface area contributed by atoms with E-state index in [0.717, 1.165) is 11.1 Å². The Hall–Kier alpha value is -5.02. The molecule has 2 N–H and O–H groups in total. The highest BCUT2D eigenvalue weighted by atomic mass is 35.5. The summed E-state index contributed by atoms with van der Waals surface area (Å²) in [7, 11) is 0.723. The molecule has 318 valence electrons. The first kappa shape index (κ1) is 43.1. The molecule has 1 saturated carbocycles. The number of fused-ring (bicyclic) bond motifs is 4. The molecule has 7 rings (SSSR count). The van der Waals surface area contributed by atoms with Crippen molar-refractivity contribution in [2.75, 3.05) is 19.4 Å². The summed E-state index contributed by atoms with van der Waals surface area (Å²) in [6, 6.07) is 18.1.